The summed E-state index contributed by atoms with van der Waals surface area (Å²) in [5.41, 5.74) is 0. The highest BCUT2D eigenvalue weighted by atomic mass is 35.5. The van der Waals surface area contributed by atoms with Gasteiger partial charge in [0.2, 0.25) is 5.91 Å². The highest BCUT2D eigenvalue weighted by Crippen LogP contribution is 2.24. The first-order valence-electron chi connectivity index (χ1n) is 5.19. The Hall–Kier alpha value is -0.320. The third-order valence-electron chi connectivity index (χ3n) is 2.80. The predicted molar refractivity (Wildman–Crippen MR) is 55.7 cm³/mol. The molecule has 2 rings (SSSR count). The van der Waals surface area contributed by atoms with Crippen molar-refractivity contribution in [1.29, 1.82) is 0 Å². The second kappa shape index (κ2) is 3.92. The lowest BCUT2D eigenvalue weighted by Gasteiger charge is -2.38. The summed E-state index contributed by atoms with van der Waals surface area (Å²) in [5.74, 6) is -0.425. The van der Waals surface area contributed by atoms with Gasteiger partial charge in [-0.1, -0.05) is 0 Å². The summed E-state index contributed by atoms with van der Waals surface area (Å²) in [4.78, 5) is 13.3. The summed E-state index contributed by atoms with van der Waals surface area (Å²) < 4.78 is 11.0. The van der Waals surface area contributed by atoms with Crippen LogP contribution in [-0.4, -0.2) is 47.8 Å². The number of ether oxygens (including phenoxy) is 2. The smallest absolute Gasteiger partial charge is 0.224 e. The largest absolute Gasteiger partial charge is 0.348 e. The Labute approximate surface area is 94.5 Å². The van der Waals surface area contributed by atoms with Crippen molar-refractivity contribution >= 4 is 17.5 Å². The second-order valence-electron chi connectivity index (χ2n) is 4.52. The predicted octanol–water partition coefficient (Wildman–Crippen LogP) is 0.978. The standard InChI is InChI=1S/C10H16ClNO3/c1-10(2)14-5-8(6-15-10)12-4-7(11)3-9(12)13/h7-8H,3-6H2,1-2H3. The minimum absolute atomic E-state index is 0.0225. The van der Waals surface area contributed by atoms with Gasteiger partial charge in [0.25, 0.3) is 0 Å². The summed E-state index contributed by atoms with van der Waals surface area (Å²) in [5, 5.41) is -0.0626. The number of amides is 1. The van der Waals surface area contributed by atoms with Gasteiger partial charge in [0.15, 0.2) is 5.79 Å². The highest BCUT2D eigenvalue weighted by Gasteiger charge is 2.38. The van der Waals surface area contributed by atoms with Crippen LogP contribution in [0, 0.1) is 0 Å². The van der Waals surface area contributed by atoms with Crippen LogP contribution in [0.15, 0.2) is 0 Å². The highest BCUT2D eigenvalue weighted by molar-refractivity contribution is 6.22. The maximum Gasteiger partial charge on any atom is 0.224 e. The minimum Gasteiger partial charge on any atom is -0.348 e. The van der Waals surface area contributed by atoms with Gasteiger partial charge in [0.05, 0.1) is 24.6 Å². The van der Waals surface area contributed by atoms with Gasteiger partial charge in [-0.25, -0.2) is 0 Å². The lowest BCUT2D eigenvalue weighted by molar-refractivity contribution is -0.262. The first-order valence-corrected chi connectivity index (χ1v) is 5.63. The molecule has 0 N–H and O–H groups in total. The van der Waals surface area contributed by atoms with E-state index in [0.29, 0.717) is 26.2 Å². The molecule has 0 aromatic carbocycles. The van der Waals surface area contributed by atoms with E-state index in [9.17, 15) is 4.79 Å². The summed E-state index contributed by atoms with van der Waals surface area (Å²) in [6.07, 6.45) is 0.432. The van der Waals surface area contributed by atoms with E-state index >= 15 is 0 Å². The second-order valence-corrected chi connectivity index (χ2v) is 5.14. The van der Waals surface area contributed by atoms with Crippen molar-refractivity contribution in [2.45, 2.75) is 37.5 Å². The summed E-state index contributed by atoms with van der Waals surface area (Å²) in [6.45, 7) is 5.42. The number of nitrogens with zero attached hydrogens (tertiary/aromatic N) is 1. The fourth-order valence-electron chi connectivity index (χ4n) is 1.90. The number of hydrogen-bond acceptors (Lipinski definition) is 3. The average molecular weight is 234 g/mol. The van der Waals surface area contributed by atoms with Gasteiger partial charge in [0.1, 0.15) is 0 Å². The Morgan fingerprint density at radius 2 is 2.00 bits per heavy atom. The molecule has 0 spiro atoms. The molecule has 2 aliphatic rings. The number of carbonyl (C=O) groups is 1. The number of halogens is 1. The van der Waals surface area contributed by atoms with E-state index in [1.54, 1.807) is 4.90 Å². The maximum atomic E-state index is 11.6. The van der Waals surface area contributed by atoms with Gasteiger partial charge in [0, 0.05) is 13.0 Å². The Kier molecular flexibility index (Phi) is 2.92. The van der Waals surface area contributed by atoms with Gasteiger partial charge in [-0.3, -0.25) is 4.79 Å². The molecular weight excluding hydrogens is 218 g/mol. The zero-order chi connectivity index (χ0) is 11.1. The third-order valence-corrected chi connectivity index (χ3v) is 3.09. The molecule has 0 aromatic rings. The van der Waals surface area contributed by atoms with E-state index in [2.05, 4.69) is 0 Å². The fraction of sp³-hybridized carbons (Fsp3) is 0.900. The number of carbonyl (C=O) groups excluding carboxylic acids is 1. The topological polar surface area (TPSA) is 38.8 Å². The fourth-order valence-corrected chi connectivity index (χ4v) is 2.18. The van der Waals surface area contributed by atoms with Crippen LogP contribution in [0.2, 0.25) is 0 Å². The van der Waals surface area contributed by atoms with Crippen LogP contribution in [0.4, 0.5) is 0 Å². The Bertz CT molecular complexity index is 259. The van der Waals surface area contributed by atoms with Crippen molar-refractivity contribution in [1.82, 2.24) is 4.90 Å². The van der Waals surface area contributed by atoms with Gasteiger partial charge in [-0.2, -0.15) is 0 Å². The Morgan fingerprint density at radius 3 is 2.47 bits per heavy atom. The quantitative estimate of drug-likeness (QED) is 0.634. The third kappa shape index (κ3) is 2.44. The molecule has 2 saturated heterocycles. The zero-order valence-electron chi connectivity index (χ0n) is 9.03. The van der Waals surface area contributed by atoms with Crippen LogP contribution in [0.1, 0.15) is 20.3 Å². The number of likely N-dealkylation sites (tertiary alicyclic amines) is 1. The molecule has 1 amide bonds. The molecule has 2 aliphatic heterocycles. The average Bonchev–Trinajstić information content (AvgIpc) is 2.45. The molecule has 2 heterocycles. The van der Waals surface area contributed by atoms with Crippen LogP contribution >= 0.6 is 11.6 Å². The van der Waals surface area contributed by atoms with Crippen molar-refractivity contribution < 1.29 is 14.3 Å². The first kappa shape index (κ1) is 11.2. The molecular formula is C10H16ClNO3. The molecule has 15 heavy (non-hydrogen) atoms. The van der Waals surface area contributed by atoms with E-state index in [4.69, 9.17) is 21.1 Å². The summed E-state index contributed by atoms with van der Waals surface area (Å²) in [7, 11) is 0. The van der Waals surface area contributed by atoms with Crippen molar-refractivity contribution in [3.8, 4) is 0 Å². The SMILES string of the molecule is CC1(C)OCC(N2CC(Cl)CC2=O)CO1. The molecule has 0 aliphatic carbocycles. The van der Waals surface area contributed by atoms with Gasteiger partial charge in [-0.05, 0) is 13.8 Å². The molecule has 2 fully saturated rings. The monoisotopic (exact) mass is 233 g/mol. The van der Waals surface area contributed by atoms with Crippen LogP contribution in [-0.2, 0) is 14.3 Å². The molecule has 1 unspecified atom stereocenters. The van der Waals surface area contributed by atoms with E-state index in [0.717, 1.165) is 0 Å². The molecule has 0 bridgehead atoms. The Balaban J connectivity index is 1.93. The number of alkyl halides is 1. The molecule has 1 atom stereocenters. The van der Waals surface area contributed by atoms with Crippen molar-refractivity contribution in [3.63, 3.8) is 0 Å². The van der Waals surface area contributed by atoms with Crippen LogP contribution in [0.5, 0.6) is 0 Å². The van der Waals surface area contributed by atoms with Crippen molar-refractivity contribution in [2.24, 2.45) is 0 Å². The summed E-state index contributed by atoms with van der Waals surface area (Å²) >= 11 is 5.93. The molecule has 86 valence electrons. The zero-order valence-corrected chi connectivity index (χ0v) is 9.79. The lowest BCUT2D eigenvalue weighted by atomic mass is 10.2. The van der Waals surface area contributed by atoms with Gasteiger partial charge in [-0.15, -0.1) is 11.6 Å². The minimum atomic E-state index is -0.528. The maximum absolute atomic E-state index is 11.6. The van der Waals surface area contributed by atoms with E-state index in [1.807, 2.05) is 13.8 Å². The lowest BCUT2D eigenvalue weighted by Crippen LogP contribution is -2.51. The first-order chi connectivity index (χ1) is 6.98. The van der Waals surface area contributed by atoms with E-state index < -0.39 is 5.79 Å². The molecule has 0 radical (unpaired) electrons. The Morgan fingerprint density at radius 1 is 1.40 bits per heavy atom. The van der Waals surface area contributed by atoms with Crippen LogP contribution in [0.25, 0.3) is 0 Å². The molecule has 0 aromatic heterocycles. The number of hydrogen-bond donors (Lipinski definition) is 0. The van der Waals surface area contributed by atoms with Crippen LogP contribution in [0.3, 0.4) is 0 Å². The normalized spacial score (nSPS) is 32.3. The summed E-state index contributed by atoms with van der Waals surface area (Å²) in [6, 6.07) is 0.0225. The van der Waals surface area contributed by atoms with Gasteiger partial charge >= 0.3 is 0 Å². The molecule has 5 heteroatoms. The molecule has 0 saturated carbocycles. The molecule has 4 nitrogen and oxygen atoms in total. The van der Waals surface area contributed by atoms with E-state index in [-0.39, 0.29) is 17.3 Å². The number of rotatable bonds is 1. The van der Waals surface area contributed by atoms with Crippen LogP contribution < -0.4 is 0 Å². The van der Waals surface area contributed by atoms with Crippen molar-refractivity contribution in [3.05, 3.63) is 0 Å². The van der Waals surface area contributed by atoms with Gasteiger partial charge < -0.3 is 14.4 Å². The van der Waals surface area contributed by atoms with E-state index in [1.165, 1.54) is 0 Å². The van der Waals surface area contributed by atoms with Crippen molar-refractivity contribution in [2.75, 3.05) is 19.8 Å².